The lowest BCUT2D eigenvalue weighted by molar-refractivity contribution is 0.283. The summed E-state index contributed by atoms with van der Waals surface area (Å²) in [5, 5.41) is 2.28. The molecule has 2 rings (SSSR count). The molecule has 2 aromatic rings. The third-order valence-corrected chi connectivity index (χ3v) is 3.84. The molecule has 0 radical (unpaired) electrons. The molecule has 0 saturated heterocycles. The fourth-order valence-corrected chi connectivity index (χ4v) is 2.20. The number of allylic oxidation sites excluding steroid dienone is 2. The number of hydrogen-bond donors (Lipinski definition) is 0. The molecule has 0 aliphatic heterocycles. The molecule has 1 unspecified atom stereocenters. The van der Waals surface area contributed by atoms with Crippen LogP contribution in [0.2, 0.25) is 0 Å². The van der Waals surface area contributed by atoms with E-state index in [4.69, 9.17) is 13.8 Å². The zero-order chi connectivity index (χ0) is 17.1. The average molecular weight is 332 g/mol. The van der Waals surface area contributed by atoms with Gasteiger partial charge in [-0.05, 0) is 11.5 Å². The van der Waals surface area contributed by atoms with Crippen LogP contribution in [0, 0.1) is 0 Å². The van der Waals surface area contributed by atoms with Gasteiger partial charge < -0.3 is 13.8 Å². The minimum absolute atomic E-state index is 0.0394. The van der Waals surface area contributed by atoms with Gasteiger partial charge in [0.25, 0.3) is 9.03 Å². The molecule has 0 fully saturated rings. The maximum Gasteiger partial charge on any atom is 0.275 e. The first kappa shape index (κ1) is 19.1. The Bertz CT molecular complexity index is 626. The van der Waals surface area contributed by atoms with Crippen LogP contribution in [0.5, 0.6) is 5.75 Å². The second-order valence-electron chi connectivity index (χ2n) is 4.75. The third kappa shape index (κ3) is 6.75. The van der Waals surface area contributed by atoms with E-state index in [0.717, 1.165) is 35.5 Å². The smallest absolute Gasteiger partial charge is 0.275 e. The van der Waals surface area contributed by atoms with Gasteiger partial charge in [0, 0.05) is 18.2 Å². The van der Waals surface area contributed by atoms with Gasteiger partial charge in [0.2, 0.25) is 0 Å². The Kier molecular flexibility index (Phi) is 8.86. The summed E-state index contributed by atoms with van der Waals surface area (Å²) in [5.74, 6) is 2.45. The first-order valence-electron chi connectivity index (χ1n) is 7.58. The van der Waals surface area contributed by atoms with E-state index in [9.17, 15) is 0 Å². The van der Waals surface area contributed by atoms with E-state index in [-0.39, 0.29) is 9.03 Å². The number of hydrogen-bond acceptors (Lipinski definition) is 3. The van der Waals surface area contributed by atoms with E-state index >= 15 is 0 Å². The van der Waals surface area contributed by atoms with Gasteiger partial charge in [-0.2, -0.15) is 0 Å². The first-order valence-corrected chi connectivity index (χ1v) is 8.40. The van der Waals surface area contributed by atoms with Gasteiger partial charge in [0.15, 0.2) is 0 Å². The van der Waals surface area contributed by atoms with Crippen LogP contribution in [-0.2, 0) is 9.26 Å². The molecule has 0 amide bonds. The maximum atomic E-state index is 5.64. The Balaban J connectivity index is 0.000000379. The quantitative estimate of drug-likeness (QED) is 0.445. The molecule has 3 nitrogen and oxygen atoms in total. The lowest BCUT2D eigenvalue weighted by Crippen LogP contribution is -1.84. The molecule has 0 heterocycles. The number of methoxy groups -OCH3 is 1. The van der Waals surface area contributed by atoms with Crippen molar-refractivity contribution in [3.63, 3.8) is 0 Å². The Morgan fingerprint density at radius 1 is 0.957 bits per heavy atom. The van der Waals surface area contributed by atoms with Crippen molar-refractivity contribution in [3.05, 3.63) is 67.1 Å². The lowest BCUT2D eigenvalue weighted by Gasteiger charge is -2.09. The normalized spacial score (nSPS) is 10.0. The predicted molar refractivity (Wildman–Crippen MR) is 99.8 cm³/mol. The molecule has 0 aliphatic rings. The van der Waals surface area contributed by atoms with E-state index < -0.39 is 0 Å². The zero-order valence-corrected chi connectivity index (χ0v) is 15.1. The second-order valence-corrected chi connectivity index (χ2v) is 5.33. The van der Waals surface area contributed by atoms with Gasteiger partial charge in [0.05, 0.1) is 18.6 Å². The molecule has 0 N–H and O–H groups in total. The summed E-state index contributed by atoms with van der Waals surface area (Å²) >= 11 is 0. The van der Waals surface area contributed by atoms with Crippen LogP contribution < -0.4 is 4.52 Å². The van der Waals surface area contributed by atoms with Crippen LogP contribution >= 0.6 is 9.03 Å². The van der Waals surface area contributed by atoms with Gasteiger partial charge in [-0.1, -0.05) is 63.4 Å². The van der Waals surface area contributed by atoms with Crippen molar-refractivity contribution >= 4 is 19.8 Å². The SMILES string of the molecule is C=C(CC)OC.C=C(CC)OPOc1cccc2ccccc12. The molecule has 0 aliphatic carbocycles. The van der Waals surface area contributed by atoms with Gasteiger partial charge in [0.1, 0.15) is 5.75 Å². The first-order chi connectivity index (χ1) is 11.1. The van der Waals surface area contributed by atoms with Crippen molar-refractivity contribution in [1.29, 1.82) is 0 Å². The van der Waals surface area contributed by atoms with E-state index in [1.165, 1.54) is 5.39 Å². The van der Waals surface area contributed by atoms with Crippen LogP contribution in [0.3, 0.4) is 0 Å². The predicted octanol–water partition coefficient (Wildman–Crippen LogP) is 6.22. The number of benzene rings is 2. The molecule has 0 aromatic heterocycles. The summed E-state index contributed by atoms with van der Waals surface area (Å²) in [7, 11) is 1.59. The minimum Gasteiger partial charge on any atom is -0.502 e. The van der Waals surface area contributed by atoms with E-state index in [1.807, 2.05) is 44.2 Å². The number of rotatable bonds is 7. The summed E-state index contributed by atoms with van der Waals surface area (Å²) in [6.07, 6.45) is 1.72. The molecule has 1 atom stereocenters. The molecular weight excluding hydrogens is 307 g/mol. The fraction of sp³-hybridized carbons (Fsp3) is 0.263. The highest BCUT2D eigenvalue weighted by molar-refractivity contribution is 7.26. The molecule has 2 aromatic carbocycles. The Hall–Kier alpha value is -1.99. The van der Waals surface area contributed by atoms with E-state index in [1.54, 1.807) is 7.11 Å². The fourth-order valence-electron chi connectivity index (χ4n) is 1.63. The van der Waals surface area contributed by atoms with Crippen molar-refractivity contribution in [1.82, 2.24) is 0 Å². The zero-order valence-electron chi connectivity index (χ0n) is 14.1. The third-order valence-electron chi connectivity index (χ3n) is 3.16. The van der Waals surface area contributed by atoms with Crippen molar-refractivity contribution < 1.29 is 13.8 Å². The second kappa shape index (κ2) is 10.7. The Morgan fingerprint density at radius 2 is 1.61 bits per heavy atom. The topological polar surface area (TPSA) is 27.7 Å². The van der Waals surface area contributed by atoms with Gasteiger partial charge >= 0.3 is 0 Å². The molecule has 0 spiro atoms. The highest BCUT2D eigenvalue weighted by atomic mass is 31.1. The van der Waals surface area contributed by atoms with E-state index in [2.05, 4.69) is 25.3 Å². The molecule has 4 heteroatoms. The minimum atomic E-state index is -0.0394. The molecule has 23 heavy (non-hydrogen) atoms. The van der Waals surface area contributed by atoms with Gasteiger partial charge in [-0.3, -0.25) is 0 Å². The van der Waals surface area contributed by atoms with Crippen molar-refractivity contribution in [2.75, 3.05) is 7.11 Å². The largest absolute Gasteiger partial charge is 0.502 e. The van der Waals surface area contributed by atoms with Crippen LogP contribution in [0.4, 0.5) is 0 Å². The number of ether oxygens (including phenoxy) is 1. The lowest BCUT2D eigenvalue weighted by atomic mass is 10.1. The summed E-state index contributed by atoms with van der Waals surface area (Å²) in [6, 6.07) is 14.1. The maximum absolute atomic E-state index is 5.64. The van der Waals surface area contributed by atoms with Crippen LogP contribution in [0.1, 0.15) is 26.7 Å². The van der Waals surface area contributed by atoms with Crippen molar-refractivity contribution in [2.45, 2.75) is 26.7 Å². The highest BCUT2D eigenvalue weighted by Crippen LogP contribution is 2.31. The van der Waals surface area contributed by atoms with Crippen molar-refractivity contribution in [3.8, 4) is 5.75 Å². The molecular formula is C19H25O3P. The molecule has 0 saturated carbocycles. The number of fused-ring (bicyclic) bond motifs is 1. The van der Waals surface area contributed by atoms with Crippen LogP contribution in [0.25, 0.3) is 10.8 Å². The molecule has 0 bridgehead atoms. The highest BCUT2D eigenvalue weighted by Gasteiger charge is 2.01. The van der Waals surface area contributed by atoms with Crippen LogP contribution in [0.15, 0.2) is 67.1 Å². The van der Waals surface area contributed by atoms with E-state index in [0.29, 0.717) is 0 Å². The van der Waals surface area contributed by atoms with Crippen molar-refractivity contribution in [2.24, 2.45) is 0 Å². The van der Waals surface area contributed by atoms with Gasteiger partial charge in [-0.15, -0.1) is 0 Å². The Labute approximate surface area is 140 Å². The van der Waals surface area contributed by atoms with Crippen LogP contribution in [-0.4, -0.2) is 7.11 Å². The standard InChI is InChI=1S/C14H15O2P.C5H10O/c1-3-11(2)15-17-16-14-10-6-8-12-7-4-5-9-13(12)14;1-4-5(2)6-3/h4-10,17H,2-3H2,1H3;2,4H2,1,3H3. The Morgan fingerprint density at radius 3 is 2.22 bits per heavy atom. The molecule has 124 valence electrons. The van der Waals surface area contributed by atoms with Gasteiger partial charge in [-0.25, -0.2) is 0 Å². The summed E-state index contributed by atoms with van der Waals surface area (Å²) in [4.78, 5) is 0. The monoisotopic (exact) mass is 332 g/mol. The summed E-state index contributed by atoms with van der Waals surface area (Å²) in [6.45, 7) is 11.4. The average Bonchev–Trinajstić information content (AvgIpc) is 2.61. The summed E-state index contributed by atoms with van der Waals surface area (Å²) < 4.78 is 15.7. The summed E-state index contributed by atoms with van der Waals surface area (Å²) in [5.41, 5.74) is 0.